The molecule has 5 nitrogen and oxygen atoms in total. The highest BCUT2D eigenvalue weighted by Crippen LogP contribution is 2.06. The van der Waals surface area contributed by atoms with Crippen molar-refractivity contribution in [3.63, 3.8) is 0 Å². The minimum Gasteiger partial charge on any atom is -0.377 e. The van der Waals surface area contributed by atoms with Crippen molar-refractivity contribution < 1.29 is 14.2 Å². The van der Waals surface area contributed by atoms with Crippen LogP contribution in [0.25, 0.3) is 0 Å². The molecule has 0 aliphatic rings. The molecular weight excluding hydrogens is 316 g/mol. The van der Waals surface area contributed by atoms with Gasteiger partial charge in [0.25, 0.3) is 0 Å². The zero-order chi connectivity index (χ0) is 17.7. The van der Waals surface area contributed by atoms with E-state index in [4.69, 9.17) is 25.7 Å². The van der Waals surface area contributed by atoms with Gasteiger partial charge < -0.3 is 25.7 Å². The molecule has 4 N–H and O–H groups in total. The summed E-state index contributed by atoms with van der Waals surface area (Å²) >= 11 is 0. The molecule has 0 saturated heterocycles. The van der Waals surface area contributed by atoms with E-state index in [9.17, 15) is 0 Å². The van der Waals surface area contributed by atoms with Crippen LogP contribution in [0.5, 0.6) is 0 Å². The summed E-state index contributed by atoms with van der Waals surface area (Å²) in [6.07, 6.45) is 0. The van der Waals surface area contributed by atoms with Crippen molar-refractivity contribution in [3.05, 3.63) is 70.8 Å². The SMILES string of the molecule is NCc1ccc(COCCOCCOCc2ccc(CN)cc2)cc1. The summed E-state index contributed by atoms with van der Waals surface area (Å²) in [5, 5.41) is 0. The van der Waals surface area contributed by atoms with Crippen LogP contribution in [-0.2, 0) is 40.5 Å². The molecule has 2 aromatic rings. The van der Waals surface area contributed by atoms with E-state index >= 15 is 0 Å². The summed E-state index contributed by atoms with van der Waals surface area (Å²) in [7, 11) is 0. The van der Waals surface area contributed by atoms with Gasteiger partial charge in [-0.1, -0.05) is 48.5 Å². The molecular formula is C20H28N2O3. The average molecular weight is 344 g/mol. The van der Waals surface area contributed by atoms with Gasteiger partial charge in [-0.05, 0) is 22.3 Å². The molecule has 0 atom stereocenters. The predicted octanol–water partition coefficient (Wildman–Crippen LogP) is 2.35. The Balaban J connectivity index is 1.45. The molecule has 2 aromatic carbocycles. The van der Waals surface area contributed by atoms with E-state index < -0.39 is 0 Å². The van der Waals surface area contributed by atoms with Crippen molar-refractivity contribution in [1.82, 2.24) is 0 Å². The van der Waals surface area contributed by atoms with Gasteiger partial charge in [0, 0.05) is 13.1 Å². The van der Waals surface area contributed by atoms with Gasteiger partial charge in [0.1, 0.15) is 0 Å². The lowest BCUT2D eigenvalue weighted by Gasteiger charge is -2.08. The molecule has 2 rings (SSSR count). The lowest BCUT2D eigenvalue weighted by molar-refractivity contribution is 0.00704. The van der Waals surface area contributed by atoms with Crippen LogP contribution in [0.3, 0.4) is 0 Å². The maximum absolute atomic E-state index is 5.58. The third-order valence-corrected chi connectivity index (χ3v) is 3.80. The minimum absolute atomic E-state index is 0.565. The summed E-state index contributed by atoms with van der Waals surface area (Å²) in [4.78, 5) is 0. The van der Waals surface area contributed by atoms with E-state index in [0.717, 1.165) is 22.3 Å². The Kier molecular flexibility index (Phi) is 9.18. The van der Waals surface area contributed by atoms with Gasteiger partial charge in [0.15, 0.2) is 0 Å². The van der Waals surface area contributed by atoms with E-state index in [1.54, 1.807) is 0 Å². The number of benzene rings is 2. The Bertz CT molecular complexity index is 531. The van der Waals surface area contributed by atoms with Crippen molar-refractivity contribution in [2.24, 2.45) is 11.5 Å². The molecule has 0 fully saturated rings. The van der Waals surface area contributed by atoms with E-state index in [-0.39, 0.29) is 0 Å². The first-order valence-corrected chi connectivity index (χ1v) is 8.61. The Morgan fingerprint density at radius 1 is 0.480 bits per heavy atom. The molecule has 0 radical (unpaired) electrons. The van der Waals surface area contributed by atoms with Gasteiger partial charge in [-0.2, -0.15) is 0 Å². The van der Waals surface area contributed by atoms with Crippen LogP contribution in [0.2, 0.25) is 0 Å². The topological polar surface area (TPSA) is 79.7 Å². The highest BCUT2D eigenvalue weighted by Gasteiger charge is 1.97. The highest BCUT2D eigenvalue weighted by atomic mass is 16.5. The zero-order valence-corrected chi connectivity index (χ0v) is 14.7. The molecule has 0 heterocycles. The van der Waals surface area contributed by atoms with Crippen molar-refractivity contribution in [1.29, 1.82) is 0 Å². The van der Waals surface area contributed by atoms with Crippen LogP contribution < -0.4 is 11.5 Å². The molecule has 0 aromatic heterocycles. The third-order valence-electron chi connectivity index (χ3n) is 3.80. The quantitative estimate of drug-likeness (QED) is 0.578. The molecule has 0 amide bonds. The van der Waals surface area contributed by atoms with Crippen molar-refractivity contribution in [2.75, 3.05) is 26.4 Å². The molecule has 0 unspecified atom stereocenters. The monoisotopic (exact) mass is 344 g/mol. The summed E-state index contributed by atoms with van der Waals surface area (Å²) in [5.41, 5.74) is 15.7. The maximum atomic E-state index is 5.58. The summed E-state index contributed by atoms with van der Waals surface area (Å²) in [6, 6.07) is 16.3. The van der Waals surface area contributed by atoms with Gasteiger partial charge >= 0.3 is 0 Å². The second-order valence-corrected chi connectivity index (χ2v) is 5.76. The normalized spacial score (nSPS) is 11.0. The van der Waals surface area contributed by atoms with Crippen LogP contribution in [0.1, 0.15) is 22.3 Å². The molecule has 0 aliphatic heterocycles. The molecule has 25 heavy (non-hydrogen) atoms. The largest absolute Gasteiger partial charge is 0.377 e. The number of rotatable bonds is 12. The molecule has 136 valence electrons. The molecule has 0 aliphatic carbocycles. The fraction of sp³-hybridized carbons (Fsp3) is 0.400. The zero-order valence-electron chi connectivity index (χ0n) is 14.7. The van der Waals surface area contributed by atoms with Crippen molar-refractivity contribution >= 4 is 0 Å². The number of ether oxygens (including phenoxy) is 3. The first-order chi connectivity index (χ1) is 12.3. The predicted molar refractivity (Wildman–Crippen MR) is 98.8 cm³/mol. The number of nitrogens with two attached hydrogens (primary N) is 2. The second kappa shape index (κ2) is 11.7. The standard InChI is InChI=1S/C20H28N2O3/c21-13-17-1-5-19(6-2-17)15-24-11-9-23-10-12-25-16-20-7-3-18(14-22)4-8-20/h1-8H,9-16,21-22H2. The maximum Gasteiger partial charge on any atom is 0.0718 e. The Labute approximate surface area is 149 Å². The van der Waals surface area contributed by atoms with Gasteiger partial charge in [-0.25, -0.2) is 0 Å². The number of hydrogen-bond acceptors (Lipinski definition) is 5. The van der Waals surface area contributed by atoms with Crippen molar-refractivity contribution in [2.45, 2.75) is 26.3 Å². The lowest BCUT2D eigenvalue weighted by Crippen LogP contribution is -2.09. The minimum atomic E-state index is 0.565. The lowest BCUT2D eigenvalue weighted by atomic mass is 10.1. The molecule has 0 bridgehead atoms. The molecule has 0 spiro atoms. The Hall–Kier alpha value is -1.76. The van der Waals surface area contributed by atoms with Gasteiger partial charge in [0.2, 0.25) is 0 Å². The summed E-state index contributed by atoms with van der Waals surface area (Å²) < 4.78 is 16.7. The van der Waals surface area contributed by atoms with E-state index in [0.29, 0.717) is 52.7 Å². The van der Waals surface area contributed by atoms with Crippen LogP contribution in [0.4, 0.5) is 0 Å². The molecule has 0 saturated carbocycles. The fourth-order valence-electron chi connectivity index (χ4n) is 2.26. The smallest absolute Gasteiger partial charge is 0.0718 e. The second-order valence-electron chi connectivity index (χ2n) is 5.76. The fourth-order valence-corrected chi connectivity index (χ4v) is 2.26. The number of hydrogen-bond donors (Lipinski definition) is 2. The third kappa shape index (κ3) is 7.77. The highest BCUT2D eigenvalue weighted by molar-refractivity contribution is 5.22. The Morgan fingerprint density at radius 2 is 0.800 bits per heavy atom. The van der Waals surface area contributed by atoms with E-state index in [1.807, 2.05) is 48.5 Å². The van der Waals surface area contributed by atoms with Crippen LogP contribution in [0, 0.1) is 0 Å². The van der Waals surface area contributed by atoms with Crippen LogP contribution in [-0.4, -0.2) is 26.4 Å². The summed E-state index contributed by atoms with van der Waals surface area (Å²) in [5.74, 6) is 0. The average Bonchev–Trinajstić information content (AvgIpc) is 2.67. The van der Waals surface area contributed by atoms with Crippen molar-refractivity contribution in [3.8, 4) is 0 Å². The summed E-state index contributed by atoms with van der Waals surface area (Å²) in [6.45, 7) is 4.57. The van der Waals surface area contributed by atoms with Crippen LogP contribution >= 0.6 is 0 Å². The van der Waals surface area contributed by atoms with Gasteiger partial charge in [-0.3, -0.25) is 0 Å². The van der Waals surface area contributed by atoms with Gasteiger partial charge in [0.05, 0.1) is 39.6 Å². The molecule has 5 heteroatoms. The Morgan fingerprint density at radius 3 is 1.16 bits per heavy atom. The van der Waals surface area contributed by atoms with Gasteiger partial charge in [-0.15, -0.1) is 0 Å². The first-order valence-electron chi connectivity index (χ1n) is 8.61. The van der Waals surface area contributed by atoms with Crippen LogP contribution in [0.15, 0.2) is 48.5 Å². The van der Waals surface area contributed by atoms with E-state index in [2.05, 4.69) is 0 Å². The first kappa shape index (κ1) is 19.6. The van der Waals surface area contributed by atoms with E-state index in [1.165, 1.54) is 0 Å².